The molecule has 0 unspecified atom stereocenters. The van der Waals surface area contributed by atoms with Crippen LogP contribution in [0.1, 0.15) is 0 Å². The van der Waals surface area contributed by atoms with E-state index in [2.05, 4.69) is 0 Å². The van der Waals surface area contributed by atoms with Crippen molar-refractivity contribution in [1.29, 1.82) is 0 Å². The fourth-order valence-electron chi connectivity index (χ4n) is 0. The molecule has 64 valence electrons. The first-order valence-electron chi connectivity index (χ1n) is 1.10. The van der Waals surface area contributed by atoms with Crippen molar-refractivity contribution < 1.29 is 21.1 Å². The normalized spacial score (nSPS) is 4.36. The Hall–Kier alpha value is -0.914. The van der Waals surface area contributed by atoms with Gasteiger partial charge in [-0.05, 0) is 0 Å². The van der Waals surface area contributed by atoms with Gasteiger partial charge < -0.3 is 41.6 Å². The smallest absolute Gasteiger partial charge is 0.412 e. The Bertz CT molecular complexity index is 70.1. The first-order chi connectivity index (χ1) is 3.46. The molecule has 4 N–H and O–H groups in total. The summed E-state index contributed by atoms with van der Waals surface area (Å²) >= 11 is 0. The third-order valence-electron chi connectivity index (χ3n) is 0. The van der Waals surface area contributed by atoms with E-state index in [9.17, 15) is 0 Å². The van der Waals surface area contributed by atoms with E-state index in [0.29, 0.717) is 0 Å². The molecule has 0 fully saturated rings. The zero-order chi connectivity index (χ0) is 7.15. The molecule has 0 amide bonds. The molecule has 0 radical (unpaired) electrons. The van der Waals surface area contributed by atoms with Crippen molar-refractivity contribution in [1.82, 2.24) is 0 Å². The molecule has 0 bridgehead atoms. The molecular formula is H4MgN2O8. The minimum absolute atomic E-state index is 0. The molecule has 0 atom stereocenters. The van der Waals surface area contributed by atoms with Crippen LogP contribution in [-0.4, -0.2) is 44.2 Å². The van der Waals surface area contributed by atoms with E-state index in [1.54, 1.807) is 0 Å². The molecule has 0 spiro atoms. The molecule has 0 aliphatic carbocycles. The number of nitrogens with zero attached hydrogens (tertiary/aromatic N) is 2. The molecule has 0 aliphatic rings. The van der Waals surface area contributed by atoms with E-state index < -0.39 is 10.2 Å². The molecule has 0 saturated heterocycles. The fraction of sp³-hybridized carbons (Fsp3) is 0. The molecule has 0 aromatic rings. The van der Waals surface area contributed by atoms with Gasteiger partial charge in [-0.1, -0.05) is 0 Å². The van der Waals surface area contributed by atoms with Crippen LogP contribution in [-0.2, 0) is 0 Å². The SMILES string of the molecule is O.O.O=[N+]([O-])[O-].O=[N+]([O-])[O-].[Mg+2]. The van der Waals surface area contributed by atoms with Crippen LogP contribution < -0.4 is 0 Å². The summed E-state index contributed by atoms with van der Waals surface area (Å²) in [4.78, 5) is 16.5. The minimum atomic E-state index is -1.75. The summed E-state index contributed by atoms with van der Waals surface area (Å²) < 4.78 is 0. The summed E-state index contributed by atoms with van der Waals surface area (Å²) in [6.07, 6.45) is 0. The molecule has 0 aromatic carbocycles. The zero-order valence-electron chi connectivity index (χ0n) is 5.05. The van der Waals surface area contributed by atoms with Gasteiger partial charge >= 0.3 is 23.1 Å². The molecule has 0 rings (SSSR count). The van der Waals surface area contributed by atoms with E-state index >= 15 is 0 Å². The van der Waals surface area contributed by atoms with Crippen LogP contribution in [0.3, 0.4) is 0 Å². The molecule has 0 aromatic heterocycles. The predicted molar refractivity (Wildman–Crippen MR) is 33.7 cm³/mol. The first-order valence-corrected chi connectivity index (χ1v) is 1.10. The van der Waals surface area contributed by atoms with Crippen LogP contribution in [0, 0.1) is 30.6 Å². The van der Waals surface area contributed by atoms with Crippen LogP contribution >= 0.6 is 0 Å². The Kier molecular flexibility index (Phi) is 67.2. The van der Waals surface area contributed by atoms with Gasteiger partial charge in [0.1, 0.15) is 0 Å². The monoisotopic (exact) mass is 184 g/mol. The van der Waals surface area contributed by atoms with Crippen molar-refractivity contribution in [2.75, 3.05) is 0 Å². The van der Waals surface area contributed by atoms with E-state index in [1.807, 2.05) is 0 Å². The number of rotatable bonds is 0. The largest absolute Gasteiger partial charge is 2.00 e. The topological polar surface area (TPSA) is 195 Å². The molecule has 11 heteroatoms. The van der Waals surface area contributed by atoms with Crippen molar-refractivity contribution in [2.24, 2.45) is 0 Å². The van der Waals surface area contributed by atoms with E-state index in [1.165, 1.54) is 0 Å². The molecule has 0 saturated carbocycles. The standard InChI is InChI=1S/Mg.2NO3.2H2O/c;2*2-1(3)4;;/h;;;2*1H2/q+2;2*-1;;. The molecule has 0 heterocycles. The fourth-order valence-corrected chi connectivity index (χ4v) is 0. The summed E-state index contributed by atoms with van der Waals surface area (Å²) in [7, 11) is 0. The maximum atomic E-state index is 8.25. The second-order valence-electron chi connectivity index (χ2n) is 0.447. The van der Waals surface area contributed by atoms with Gasteiger partial charge in [0.05, 0.1) is 10.2 Å². The predicted octanol–water partition coefficient (Wildman–Crippen LogP) is -2.51. The Morgan fingerprint density at radius 2 is 0.727 bits per heavy atom. The maximum Gasteiger partial charge on any atom is 2.00 e. The second-order valence-corrected chi connectivity index (χ2v) is 0.447. The van der Waals surface area contributed by atoms with Gasteiger partial charge in [-0.3, -0.25) is 0 Å². The Balaban J connectivity index is -0.0000000171. The van der Waals surface area contributed by atoms with E-state index in [0.717, 1.165) is 0 Å². The Morgan fingerprint density at radius 3 is 0.727 bits per heavy atom. The quantitative estimate of drug-likeness (QED) is 0.226. The number of hydrogen-bond acceptors (Lipinski definition) is 6. The summed E-state index contributed by atoms with van der Waals surface area (Å²) in [6, 6.07) is 0. The molecule has 0 aliphatic heterocycles. The molecule has 10 nitrogen and oxygen atoms in total. The van der Waals surface area contributed by atoms with Crippen molar-refractivity contribution in [2.45, 2.75) is 0 Å². The number of hydrogen-bond donors (Lipinski definition) is 0. The Labute approximate surface area is 75.4 Å². The average Bonchev–Trinajstić information content (AvgIpc) is 1.25. The molecular weight excluding hydrogens is 180 g/mol. The van der Waals surface area contributed by atoms with Crippen molar-refractivity contribution in [3.8, 4) is 0 Å². The van der Waals surface area contributed by atoms with E-state index in [-0.39, 0.29) is 34.0 Å². The van der Waals surface area contributed by atoms with Crippen LogP contribution in [0.15, 0.2) is 0 Å². The van der Waals surface area contributed by atoms with E-state index in [4.69, 9.17) is 30.6 Å². The molecule has 11 heavy (non-hydrogen) atoms. The maximum absolute atomic E-state index is 8.25. The minimum Gasteiger partial charge on any atom is -0.412 e. The zero-order valence-corrected chi connectivity index (χ0v) is 6.47. The van der Waals surface area contributed by atoms with Crippen LogP contribution in [0.2, 0.25) is 0 Å². The second kappa shape index (κ2) is 23.0. The van der Waals surface area contributed by atoms with Gasteiger partial charge in [-0.25, -0.2) is 0 Å². The summed E-state index contributed by atoms with van der Waals surface area (Å²) in [6.45, 7) is 0. The van der Waals surface area contributed by atoms with Crippen molar-refractivity contribution >= 4 is 23.1 Å². The van der Waals surface area contributed by atoms with Crippen LogP contribution in [0.25, 0.3) is 0 Å². The Morgan fingerprint density at radius 1 is 0.727 bits per heavy atom. The summed E-state index contributed by atoms with van der Waals surface area (Å²) in [5.74, 6) is 0. The van der Waals surface area contributed by atoms with Gasteiger partial charge in [0.25, 0.3) is 0 Å². The van der Waals surface area contributed by atoms with Gasteiger partial charge in [0.2, 0.25) is 0 Å². The first kappa shape index (κ1) is 32.2. The third-order valence-corrected chi connectivity index (χ3v) is 0. The van der Waals surface area contributed by atoms with Gasteiger partial charge in [-0.15, -0.1) is 0 Å². The van der Waals surface area contributed by atoms with Crippen molar-refractivity contribution in [3.63, 3.8) is 0 Å². The van der Waals surface area contributed by atoms with Crippen LogP contribution in [0.5, 0.6) is 0 Å². The van der Waals surface area contributed by atoms with Crippen LogP contribution in [0.4, 0.5) is 0 Å². The van der Waals surface area contributed by atoms with Gasteiger partial charge in [-0.2, -0.15) is 0 Å². The third kappa shape index (κ3) is 546. The van der Waals surface area contributed by atoms with Gasteiger partial charge in [0.15, 0.2) is 0 Å². The summed E-state index contributed by atoms with van der Waals surface area (Å²) in [5, 5.41) is 29.5. The van der Waals surface area contributed by atoms with Gasteiger partial charge in [0, 0.05) is 0 Å². The summed E-state index contributed by atoms with van der Waals surface area (Å²) in [5.41, 5.74) is 0. The average molecular weight is 184 g/mol. The van der Waals surface area contributed by atoms with Crippen molar-refractivity contribution in [3.05, 3.63) is 30.6 Å².